The van der Waals surface area contributed by atoms with Crippen LogP contribution in [0, 0.1) is 10.1 Å². The second kappa shape index (κ2) is 6.04. The third-order valence-electron chi connectivity index (χ3n) is 2.83. The van der Waals surface area contributed by atoms with Crippen LogP contribution in [0.5, 0.6) is 5.75 Å². The zero-order valence-corrected chi connectivity index (χ0v) is 12.7. The average Bonchev–Trinajstić information content (AvgIpc) is 2.69. The third-order valence-corrected chi connectivity index (χ3v) is 3.43. The number of carboxylic acid groups (broad SMARTS) is 1. The van der Waals surface area contributed by atoms with Crippen LogP contribution in [0.2, 0.25) is 0 Å². The van der Waals surface area contributed by atoms with Crippen molar-refractivity contribution < 1.29 is 29.5 Å². The largest absolute Gasteiger partial charge is 0.501 e. The normalized spacial score (nSPS) is 15.9. The summed E-state index contributed by atoms with van der Waals surface area (Å²) in [4.78, 5) is 44.6. The van der Waals surface area contributed by atoms with Crippen molar-refractivity contribution in [1.29, 1.82) is 0 Å². The van der Waals surface area contributed by atoms with Crippen molar-refractivity contribution in [1.82, 2.24) is 10.2 Å². The van der Waals surface area contributed by atoms with Crippen LogP contribution in [-0.4, -0.2) is 44.5 Å². The number of carbonyl (C=O) groups is 3. The minimum absolute atomic E-state index is 0.0257. The number of phenolic OH excluding ortho intramolecular Hbond substituents is 1. The summed E-state index contributed by atoms with van der Waals surface area (Å²) in [7, 11) is 0. The standard InChI is InChI=1S/C12H8BrN3O7/c13-6-1-5(3-8(10(6)19)16(22)23)2-7-11(20)15(4-9(17)18)12(21)14-7/h1-3,19H,4H2,(H,14,21)(H,17,18)/b7-2+. The maximum atomic E-state index is 11.9. The van der Waals surface area contributed by atoms with E-state index >= 15 is 0 Å². The van der Waals surface area contributed by atoms with Gasteiger partial charge >= 0.3 is 17.7 Å². The highest BCUT2D eigenvalue weighted by molar-refractivity contribution is 9.10. The lowest BCUT2D eigenvalue weighted by Gasteiger charge is -2.06. The minimum atomic E-state index is -1.36. The van der Waals surface area contributed by atoms with Gasteiger partial charge < -0.3 is 15.5 Å². The number of carbonyl (C=O) groups excluding carboxylic acids is 2. The molecule has 0 atom stereocenters. The number of nitrogens with zero attached hydrogens (tertiary/aromatic N) is 2. The summed E-state index contributed by atoms with van der Waals surface area (Å²) in [5, 5.41) is 31.2. The monoisotopic (exact) mass is 385 g/mol. The van der Waals surface area contributed by atoms with E-state index in [9.17, 15) is 29.6 Å². The van der Waals surface area contributed by atoms with Gasteiger partial charge in [-0.3, -0.25) is 19.7 Å². The van der Waals surface area contributed by atoms with Gasteiger partial charge in [-0.15, -0.1) is 0 Å². The van der Waals surface area contributed by atoms with Crippen molar-refractivity contribution in [3.63, 3.8) is 0 Å². The Kier molecular flexibility index (Phi) is 4.31. The Morgan fingerprint density at radius 2 is 2.09 bits per heavy atom. The zero-order valence-electron chi connectivity index (χ0n) is 11.1. The average molecular weight is 386 g/mol. The number of halogens is 1. The van der Waals surface area contributed by atoms with Crippen LogP contribution in [-0.2, 0) is 9.59 Å². The number of hydrogen-bond acceptors (Lipinski definition) is 6. The van der Waals surface area contributed by atoms with Crippen LogP contribution in [0.15, 0.2) is 22.3 Å². The molecule has 1 heterocycles. The first-order valence-electron chi connectivity index (χ1n) is 5.94. The SMILES string of the molecule is O=C(O)CN1C(=O)N/C(=C/c2cc(Br)c(O)c([N+](=O)[O-])c2)C1=O. The number of urea groups is 1. The maximum absolute atomic E-state index is 11.9. The molecule has 120 valence electrons. The fourth-order valence-corrected chi connectivity index (χ4v) is 2.31. The summed E-state index contributed by atoms with van der Waals surface area (Å²) in [6, 6.07) is 1.40. The first-order chi connectivity index (χ1) is 10.7. The number of carboxylic acids is 1. The molecule has 1 aromatic rings. The van der Waals surface area contributed by atoms with Gasteiger partial charge in [0.1, 0.15) is 12.2 Å². The first kappa shape index (κ1) is 16.4. The highest BCUT2D eigenvalue weighted by Crippen LogP contribution is 2.35. The molecular formula is C12H8BrN3O7. The summed E-state index contributed by atoms with van der Waals surface area (Å²) >= 11 is 2.94. The summed E-state index contributed by atoms with van der Waals surface area (Å²) in [6.45, 7) is -0.804. The van der Waals surface area contributed by atoms with E-state index in [0.29, 0.717) is 4.90 Å². The fourth-order valence-electron chi connectivity index (χ4n) is 1.84. The van der Waals surface area contributed by atoms with E-state index in [1.165, 1.54) is 6.07 Å². The highest BCUT2D eigenvalue weighted by Gasteiger charge is 2.35. The smallest absolute Gasteiger partial charge is 0.329 e. The van der Waals surface area contributed by atoms with Crippen molar-refractivity contribution in [2.75, 3.05) is 6.54 Å². The Morgan fingerprint density at radius 3 is 2.65 bits per heavy atom. The molecule has 0 aromatic heterocycles. The van der Waals surface area contributed by atoms with E-state index in [1.807, 2.05) is 0 Å². The topological polar surface area (TPSA) is 150 Å². The Balaban J connectivity index is 2.40. The lowest BCUT2D eigenvalue weighted by Crippen LogP contribution is -2.35. The number of hydrogen-bond donors (Lipinski definition) is 3. The number of nitro benzene ring substituents is 1. The molecule has 11 heteroatoms. The van der Waals surface area contributed by atoms with Gasteiger partial charge in [-0.05, 0) is 33.6 Å². The molecule has 1 saturated heterocycles. The number of imide groups is 1. The molecule has 1 aromatic carbocycles. The minimum Gasteiger partial charge on any atom is -0.501 e. The van der Waals surface area contributed by atoms with Crippen LogP contribution in [0.3, 0.4) is 0 Å². The Bertz CT molecular complexity index is 774. The number of rotatable bonds is 4. The quantitative estimate of drug-likeness (QED) is 0.303. The van der Waals surface area contributed by atoms with Gasteiger partial charge in [0.15, 0.2) is 0 Å². The Labute approximate surface area is 136 Å². The van der Waals surface area contributed by atoms with E-state index in [4.69, 9.17) is 5.11 Å². The van der Waals surface area contributed by atoms with Crippen LogP contribution in [0.1, 0.15) is 5.56 Å². The first-order valence-corrected chi connectivity index (χ1v) is 6.73. The predicted octanol–water partition coefficient (Wildman–Crippen LogP) is 1.04. The molecule has 0 radical (unpaired) electrons. The van der Waals surface area contributed by atoms with Gasteiger partial charge in [0.25, 0.3) is 5.91 Å². The molecule has 10 nitrogen and oxygen atoms in total. The lowest BCUT2D eigenvalue weighted by atomic mass is 10.1. The van der Waals surface area contributed by atoms with Crippen molar-refractivity contribution in [3.05, 3.63) is 38.0 Å². The summed E-state index contributed by atoms with van der Waals surface area (Å²) < 4.78 is 0.0257. The van der Waals surface area contributed by atoms with Gasteiger partial charge in [0.2, 0.25) is 5.75 Å². The number of amides is 3. The molecule has 3 N–H and O–H groups in total. The summed E-state index contributed by atoms with van der Waals surface area (Å²) in [6.07, 6.45) is 1.14. The van der Waals surface area contributed by atoms with Crippen molar-refractivity contribution in [2.24, 2.45) is 0 Å². The molecule has 3 amide bonds. The number of aliphatic carboxylic acids is 1. The molecule has 0 saturated carbocycles. The molecule has 1 aliphatic rings. The summed E-state index contributed by atoms with van der Waals surface area (Å²) in [5.74, 6) is -2.81. The number of nitrogens with one attached hydrogen (secondary N) is 1. The number of benzene rings is 1. The third kappa shape index (κ3) is 3.29. The van der Waals surface area contributed by atoms with Gasteiger partial charge in [0, 0.05) is 6.07 Å². The number of aromatic hydroxyl groups is 1. The Morgan fingerprint density at radius 1 is 1.43 bits per heavy atom. The van der Waals surface area contributed by atoms with E-state index in [-0.39, 0.29) is 15.7 Å². The molecule has 0 spiro atoms. The van der Waals surface area contributed by atoms with E-state index in [2.05, 4.69) is 21.2 Å². The molecular weight excluding hydrogens is 378 g/mol. The van der Waals surface area contributed by atoms with Crippen molar-refractivity contribution >= 4 is 45.6 Å². The maximum Gasteiger partial charge on any atom is 0.329 e. The second-order valence-electron chi connectivity index (χ2n) is 4.40. The molecule has 1 aliphatic heterocycles. The lowest BCUT2D eigenvalue weighted by molar-refractivity contribution is -0.386. The van der Waals surface area contributed by atoms with Crippen LogP contribution in [0.4, 0.5) is 10.5 Å². The molecule has 0 aliphatic carbocycles. The zero-order chi connectivity index (χ0) is 17.3. The van der Waals surface area contributed by atoms with Gasteiger partial charge in [0.05, 0.1) is 9.40 Å². The van der Waals surface area contributed by atoms with E-state index in [0.717, 1.165) is 12.1 Å². The van der Waals surface area contributed by atoms with Crippen LogP contribution < -0.4 is 5.32 Å². The van der Waals surface area contributed by atoms with Gasteiger partial charge in [-0.1, -0.05) is 0 Å². The Hall–Kier alpha value is -2.95. The van der Waals surface area contributed by atoms with Gasteiger partial charge in [-0.25, -0.2) is 9.69 Å². The van der Waals surface area contributed by atoms with Gasteiger partial charge in [-0.2, -0.15) is 0 Å². The fraction of sp³-hybridized carbons (Fsp3) is 0.0833. The molecule has 0 bridgehead atoms. The molecule has 0 unspecified atom stereocenters. The van der Waals surface area contributed by atoms with Crippen LogP contribution >= 0.6 is 15.9 Å². The molecule has 1 fully saturated rings. The van der Waals surface area contributed by atoms with E-state index in [1.54, 1.807) is 0 Å². The highest BCUT2D eigenvalue weighted by atomic mass is 79.9. The predicted molar refractivity (Wildman–Crippen MR) is 78.3 cm³/mol. The summed E-state index contributed by atoms with van der Waals surface area (Å²) in [5.41, 5.74) is -0.671. The number of phenols is 1. The van der Waals surface area contributed by atoms with E-state index < -0.39 is 40.8 Å². The molecule has 2 rings (SSSR count). The van der Waals surface area contributed by atoms with Crippen LogP contribution in [0.25, 0.3) is 6.08 Å². The second-order valence-corrected chi connectivity index (χ2v) is 5.26. The van der Waals surface area contributed by atoms with Crippen molar-refractivity contribution in [3.8, 4) is 5.75 Å². The molecule has 23 heavy (non-hydrogen) atoms. The number of nitro groups is 1. The van der Waals surface area contributed by atoms with Crippen molar-refractivity contribution in [2.45, 2.75) is 0 Å².